The molecule has 0 aliphatic carbocycles. The number of nitrogens with zero attached hydrogens (tertiary/aromatic N) is 4. The molecular formula is C42H28Cl2N4O4S2. The third kappa shape index (κ3) is 5.02. The molecule has 0 saturated carbocycles. The number of anilines is 2. The lowest BCUT2D eigenvalue weighted by Crippen LogP contribution is -2.50. The molecule has 8 nitrogen and oxygen atoms in total. The monoisotopic (exact) mass is 786 g/mol. The zero-order chi connectivity index (χ0) is 36.8. The van der Waals surface area contributed by atoms with Gasteiger partial charge < -0.3 is 0 Å². The predicted octanol–water partition coefficient (Wildman–Crippen LogP) is 8.90. The van der Waals surface area contributed by atoms with Crippen molar-refractivity contribution in [3.05, 3.63) is 152 Å². The third-order valence-electron chi connectivity index (χ3n) is 11.0. The molecule has 6 atom stereocenters. The molecular weight excluding hydrogens is 760 g/mol. The Bertz CT molecular complexity index is 2270. The maximum atomic E-state index is 14.7. The fourth-order valence-electron chi connectivity index (χ4n) is 8.71. The summed E-state index contributed by atoms with van der Waals surface area (Å²) in [6.45, 7) is 0. The molecule has 4 saturated heterocycles. The topological polar surface area (TPSA) is 81.2 Å². The molecule has 4 aliphatic heterocycles. The molecule has 0 radical (unpaired) electrons. The number of thiophene rings is 2. The van der Waals surface area contributed by atoms with Crippen molar-refractivity contribution >= 4 is 80.9 Å². The number of rotatable bonds is 6. The van der Waals surface area contributed by atoms with Gasteiger partial charge in [0, 0.05) is 19.8 Å². The number of benzene rings is 4. The first-order valence-electron chi connectivity index (χ1n) is 17.4. The fraction of sp³-hybridized carbons (Fsp3) is 0.143. The van der Waals surface area contributed by atoms with Crippen LogP contribution in [0.2, 0.25) is 10.0 Å². The van der Waals surface area contributed by atoms with Gasteiger partial charge in [0.05, 0.1) is 35.3 Å². The van der Waals surface area contributed by atoms with Crippen LogP contribution in [0, 0.1) is 11.8 Å². The molecule has 4 aliphatic rings. The lowest BCUT2D eigenvalue weighted by atomic mass is 9.88. The Morgan fingerprint density at radius 2 is 0.741 bits per heavy atom. The number of hydrogen-bond acceptors (Lipinski definition) is 8. The van der Waals surface area contributed by atoms with Gasteiger partial charge in [0.2, 0.25) is 11.8 Å². The first-order valence-corrected chi connectivity index (χ1v) is 19.9. The zero-order valence-electron chi connectivity index (χ0n) is 28.2. The normalized spacial score (nSPS) is 25.1. The van der Waals surface area contributed by atoms with Crippen molar-refractivity contribution in [3.8, 4) is 22.3 Å². The second-order valence-corrected chi connectivity index (χ2v) is 16.6. The minimum absolute atomic E-state index is 0.329. The van der Waals surface area contributed by atoms with Gasteiger partial charge in [0.25, 0.3) is 11.8 Å². The Morgan fingerprint density at radius 3 is 1.06 bits per heavy atom. The highest BCUT2D eigenvalue weighted by atomic mass is 35.5. The van der Waals surface area contributed by atoms with Crippen LogP contribution in [0.5, 0.6) is 0 Å². The summed E-state index contributed by atoms with van der Waals surface area (Å²) in [7, 11) is 0. The molecule has 54 heavy (non-hydrogen) atoms. The Morgan fingerprint density at radius 1 is 0.407 bits per heavy atom. The summed E-state index contributed by atoms with van der Waals surface area (Å²) in [5, 5.41) is 8.96. The van der Waals surface area contributed by atoms with Crippen molar-refractivity contribution < 1.29 is 19.2 Å². The number of amides is 4. The SMILES string of the molecule is O=C1C2C(C(=O)N1c1ccc(-c3ccc(Cl)cc3)cc1)N1C(c3cccs3)C3C(=O)N(c4ccc(-c5ccc(Cl)cc5)cc4)C(=O)C3N1C2c1cccs1. The molecule has 0 bridgehead atoms. The summed E-state index contributed by atoms with van der Waals surface area (Å²) < 4.78 is 0. The zero-order valence-corrected chi connectivity index (χ0v) is 31.3. The Balaban J connectivity index is 1.04. The van der Waals surface area contributed by atoms with E-state index in [0.29, 0.717) is 21.4 Å². The average Bonchev–Trinajstić information content (AvgIpc) is 4.04. The third-order valence-corrected chi connectivity index (χ3v) is 13.4. The first-order chi connectivity index (χ1) is 26.3. The minimum Gasteiger partial charge on any atom is -0.274 e. The van der Waals surface area contributed by atoms with Crippen LogP contribution in [0.3, 0.4) is 0 Å². The van der Waals surface area contributed by atoms with Crippen LogP contribution < -0.4 is 9.80 Å². The largest absolute Gasteiger partial charge is 0.274 e. The molecule has 0 spiro atoms. The van der Waals surface area contributed by atoms with E-state index in [4.69, 9.17) is 23.2 Å². The smallest absolute Gasteiger partial charge is 0.253 e. The van der Waals surface area contributed by atoms with Gasteiger partial charge in [-0.2, -0.15) is 0 Å². The van der Waals surface area contributed by atoms with Gasteiger partial charge in [-0.15, -0.1) is 22.7 Å². The molecule has 6 aromatic rings. The molecule has 4 fully saturated rings. The summed E-state index contributed by atoms with van der Waals surface area (Å²) in [6.07, 6.45) is 0. The van der Waals surface area contributed by atoms with E-state index in [1.54, 1.807) is 24.3 Å². The van der Waals surface area contributed by atoms with Crippen molar-refractivity contribution in [1.29, 1.82) is 0 Å². The standard InChI is InChI=1S/C42H28Cl2N4O4S2/c43-27-13-5-23(6-14-27)25-9-17-29(18-10-25)45-39(49)33-35(31-3-1-21-53-31)47-38-34(36(32-4-2-22-54-32)48(47)37(33)41(45)51)40(50)46(42(38)52)30-19-11-26(12-20-30)24-7-15-28(44)16-8-24/h1-22,33-38H. The van der Waals surface area contributed by atoms with Crippen molar-refractivity contribution in [2.24, 2.45) is 11.8 Å². The summed E-state index contributed by atoms with van der Waals surface area (Å²) in [6, 6.07) is 34.3. The Hall–Kier alpha value is -4.94. The van der Waals surface area contributed by atoms with Gasteiger partial charge in [-0.1, -0.05) is 83.9 Å². The van der Waals surface area contributed by atoms with E-state index in [-0.39, 0.29) is 23.6 Å². The van der Waals surface area contributed by atoms with Gasteiger partial charge in [-0.25, -0.2) is 19.8 Å². The van der Waals surface area contributed by atoms with E-state index in [9.17, 15) is 19.2 Å². The summed E-state index contributed by atoms with van der Waals surface area (Å²) in [4.78, 5) is 63.1. The van der Waals surface area contributed by atoms with Crippen LogP contribution in [0.15, 0.2) is 132 Å². The molecule has 4 aromatic carbocycles. The second kappa shape index (κ2) is 12.8. The van der Waals surface area contributed by atoms with Gasteiger partial charge in [-0.3, -0.25) is 19.2 Å². The number of fused-ring (bicyclic) bond motifs is 5. The number of hydrogen-bond donors (Lipinski definition) is 0. The molecule has 266 valence electrons. The molecule has 10 rings (SSSR count). The first kappa shape index (κ1) is 33.6. The second-order valence-electron chi connectivity index (χ2n) is 13.8. The van der Waals surface area contributed by atoms with Crippen molar-refractivity contribution in [3.63, 3.8) is 0 Å². The molecule has 12 heteroatoms. The molecule has 0 N–H and O–H groups in total. The summed E-state index contributed by atoms with van der Waals surface area (Å²) in [5.74, 6) is -3.00. The van der Waals surface area contributed by atoms with Crippen molar-refractivity contribution in [2.45, 2.75) is 24.2 Å². The van der Waals surface area contributed by atoms with Gasteiger partial charge in [0.1, 0.15) is 12.1 Å². The quantitative estimate of drug-likeness (QED) is 0.157. The van der Waals surface area contributed by atoms with Crippen LogP contribution in [-0.4, -0.2) is 45.7 Å². The van der Waals surface area contributed by atoms with E-state index in [1.807, 2.05) is 118 Å². The maximum absolute atomic E-state index is 14.7. The number of carbonyl (C=O) groups excluding carboxylic acids is 4. The van der Waals surface area contributed by atoms with Crippen LogP contribution in [0.25, 0.3) is 22.3 Å². The van der Waals surface area contributed by atoms with Crippen LogP contribution in [-0.2, 0) is 19.2 Å². The molecule has 6 heterocycles. The van der Waals surface area contributed by atoms with Crippen LogP contribution in [0.4, 0.5) is 11.4 Å². The van der Waals surface area contributed by atoms with E-state index in [2.05, 4.69) is 0 Å². The number of hydrazine groups is 1. The van der Waals surface area contributed by atoms with E-state index in [1.165, 1.54) is 32.5 Å². The van der Waals surface area contributed by atoms with Crippen LogP contribution in [0.1, 0.15) is 21.8 Å². The maximum Gasteiger partial charge on any atom is 0.253 e. The van der Waals surface area contributed by atoms with Crippen molar-refractivity contribution in [1.82, 2.24) is 10.0 Å². The van der Waals surface area contributed by atoms with Gasteiger partial charge >= 0.3 is 0 Å². The van der Waals surface area contributed by atoms with Gasteiger partial charge in [0.15, 0.2) is 0 Å². The average molecular weight is 788 g/mol. The fourth-order valence-corrected chi connectivity index (χ4v) is 10.7. The van der Waals surface area contributed by atoms with Gasteiger partial charge in [-0.05, 0) is 93.7 Å². The molecule has 6 unspecified atom stereocenters. The number of imide groups is 2. The Labute approximate surface area is 328 Å². The lowest BCUT2D eigenvalue weighted by molar-refractivity contribution is -0.135. The van der Waals surface area contributed by atoms with Crippen molar-refractivity contribution in [2.75, 3.05) is 9.80 Å². The highest BCUT2D eigenvalue weighted by Gasteiger charge is 2.74. The molecule has 2 aromatic heterocycles. The van der Waals surface area contributed by atoms with Crippen LogP contribution >= 0.6 is 45.9 Å². The van der Waals surface area contributed by atoms with E-state index >= 15 is 0 Å². The predicted molar refractivity (Wildman–Crippen MR) is 211 cm³/mol. The Kier molecular flexibility index (Phi) is 7.99. The van der Waals surface area contributed by atoms with E-state index in [0.717, 1.165) is 32.0 Å². The summed E-state index contributed by atoms with van der Waals surface area (Å²) >= 11 is 15.1. The molecule has 4 amide bonds. The number of halogens is 2. The minimum atomic E-state index is -0.911. The lowest BCUT2D eigenvalue weighted by Gasteiger charge is -2.35. The highest BCUT2D eigenvalue weighted by molar-refractivity contribution is 7.10. The van der Waals surface area contributed by atoms with E-state index < -0.39 is 36.0 Å². The number of carbonyl (C=O) groups is 4. The highest BCUT2D eigenvalue weighted by Crippen LogP contribution is 2.60. The summed E-state index contributed by atoms with van der Waals surface area (Å²) in [5.41, 5.74) is 4.70.